The van der Waals surface area contributed by atoms with Gasteiger partial charge >= 0.3 is 0 Å². The molecule has 0 aromatic carbocycles. The Kier molecular flexibility index (Phi) is 2.93. The molecule has 1 aromatic heterocycles. The Hall–Kier alpha value is -1.03. The summed E-state index contributed by atoms with van der Waals surface area (Å²) in [4.78, 5) is 8.06. The van der Waals surface area contributed by atoms with Crippen LogP contribution in [0.2, 0.25) is 0 Å². The number of nitrogens with one attached hydrogen (secondary N) is 2. The SMILES string of the molecule is CC1Nc2cncnc2NC1C.Cl. The highest BCUT2D eigenvalue weighted by molar-refractivity contribution is 5.85. The molecule has 0 saturated heterocycles. The maximum absolute atomic E-state index is 4.12. The lowest BCUT2D eigenvalue weighted by Crippen LogP contribution is -2.39. The van der Waals surface area contributed by atoms with Gasteiger partial charge in [-0.1, -0.05) is 0 Å². The van der Waals surface area contributed by atoms with Crippen molar-refractivity contribution >= 4 is 23.9 Å². The van der Waals surface area contributed by atoms with Gasteiger partial charge in [0.25, 0.3) is 0 Å². The van der Waals surface area contributed by atoms with Crippen LogP contribution in [0.4, 0.5) is 11.5 Å². The fraction of sp³-hybridized carbons (Fsp3) is 0.500. The van der Waals surface area contributed by atoms with Gasteiger partial charge < -0.3 is 10.6 Å². The van der Waals surface area contributed by atoms with E-state index in [1.165, 1.54) is 0 Å². The van der Waals surface area contributed by atoms with Gasteiger partial charge in [-0.3, -0.25) is 0 Å². The van der Waals surface area contributed by atoms with Crippen LogP contribution in [0.1, 0.15) is 13.8 Å². The molecule has 2 rings (SSSR count). The summed E-state index contributed by atoms with van der Waals surface area (Å²) in [6, 6.07) is 0.830. The van der Waals surface area contributed by atoms with E-state index in [1.54, 1.807) is 12.5 Å². The van der Waals surface area contributed by atoms with E-state index in [0.717, 1.165) is 11.5 Å². The minimum Gasteiger partial charge on any atom is -0.376 e. The fourth-order valence-electron chi connectivity index (χ4n) is 1.26. The van der Waals surface area contributed by atoms with Crippen molar-refractivity contribution in [2.75, 3.05) is 10.6 Å². The maximum atomic E-state index is 4.12. The molecular formula is C8H13ClN4. The first-order chi connectivity index (χ1) is 5.77. The molecule has 13 heavy (non-hydrogen) atoms. The second kappa shape index (κ2) is 3.79. The van der Waals surface area contributed by atoms with Crippen LogP contribution in [-0.2, 0) is 0 Å². The van der Waals surface area contributed by atoms with Crippen LogP contribution in [0.15, 0.2) is 12.5 Å². The molecule has 0 radical (unpaired) electrons. The molecule has 0 amide bonds. The Morgan fingerprint density at radius 2 is 1.92 bits per heavy atom. The van der Waals surface area contributed by atoms with E-state index in [1.807, 2.05) is 0 Å². The third-order valence-corrected chi connectivity index (χ3v) is 2.21. The van der Waals surface area contributed by atoms with Gasteiger partial charge in [0.15, 0.2) is 5.82 Å². The van der Waals surface area contributed by atoms with Gasteiger partial charge in [-0.15, -0.1) is 12.4 Å². The Morgan fingerprint density at radius 1 is 1.23 bits per heavy atom. The lowest BCUT2D eigenvalue weighted by Gasteiger charge is -2.30. The molecule has 0 spiro atoms. The van der Waals surface area contributed by atoms with Crippen LogP contribution in [0, 0.1) is 0 Å². The summed E-state index contributed by atoms with van der Waals surface area (Å²) in [6.45, 7) is 4.26. The van der Waals surface area contributed by atoms with Crippen molar-refractivity contribution in [2.45, 2.75) is 25.9 Å². The number of nitrogens with zero attached hydrogens (tertiary/aromatic N) is 2. The number of hydrogen-bond acceptors (Lipinski definition) is 4. The van der Waals surface area contributed by atoms with Gasteiger partial charge in [0.2, 0.25) is 0 Å². The predicted octanol–water partition coefficient (Wildman–Crippen LogP) is 1.51. The molecule has 72 valence electrons. The number of anilines is 2. The standard InChI is InChI=1S/C8H12N4.ClH/c1-5-6(2)12-8-7(11-5)3-9-4-10-8;/h3-6,11H,1-2H3,(H,9,10,12);1H. The molecule has 1 aromatic rings. The van der Waals surface area contributed by atoms with Crippen molar-refractivity contribution in [3.63, 3.8) is 0 Å². The third-order valence-electron chi connectivity index (χ3n) is 2.21. The minimum atomic E-state index is 0. The summed E-state index contributed by atoms with van der Waals surface area (Å²) in [7, 11) is 0. The van der Waals surface area contributed by atoms with Gasteiger partial charge in [-0.05, 0) is 13.8 Å². The number of rotatable bonds is 0. The van der Waals surface area contributed by atoms with E-state index in [-0.39, 0.29) is 12.4 Å². The van der Waals surface area contributed by atoms with E-state index in [9.17, 15) is 0 Å². The molecule has 0 saturated carbocycles. The first kappa shape index (κ1) is 10.1. The molecule has 0 bridgehead atoms. The van der Waals surface area contributed by atoms with Crippen molar-refractivity contribution in [1.29, 1.82) is 0 Å². The van der Waals surface area contributed by atoms with Crippen LogP contribution in [0.3, 0.4) is 0 Å². The number of aromatic nitrogens is 2. The number of halogens is 1. The highest BCUT2D eigenvalue weighted by Crippen LogP contribution is 2.24. The van der Waals surface area contributed by atoms with Crippen LogP contribution in [0.5, 0.6) is 0 Å². The quantitative estimate of drug-likeness (QED) is 0.667. The summed E-state index contributed by atoms with van der Waals surface area (Å²) >= 11 is 0. The normalized spacial score (nSPS) is 24.8. The van der Waals surface area contributed by atoms with Crippen LogP contribution < -0.4 is 10.6 Å². The van der Waals surface area contributed by atoms with Gasteiger partial charge in [0, 0.05) is 12.1 Å². The molecule has 0 fully saturated rings. The predicted molar refractivity (Wildman–Crippen MR) is 55.4 cm³/mol. The Balaban J connectivity index is 0.000000845. The van der Waals surface area contributed by atoms with E-state index in [2.05, 4.69) is 34.4 Å². The van der Waals surface area contributed by atoms with E-state index < -0.39 is 0 Å². The summed E-state index contributed by atoms with van der Waals surface area (Å²) in [5.41, 5.74) is 0.989. The van der Waals surface area contributed by atoms with Crippen molar-refractivity contribution in [3.8, 4) is 0 Å². The van der Waals surface area contributed by atoms with Crippen molar-refractivity contribution < 1.29 is 0 Å². The zero-order chi connectivity index (χ0) is 8.55. The van der Waals surface area contributed by atoms with Crippen molar-refractivity contribution in [3.05, 3.63) is 12.5 Å². The topological polar surface area (TPSA) is 49.8 Å². The second-order valence-electron chi connectivity index (χ2n) is 3.15. The Labute approximate surface area is 83.6 Å². The minimum absolute atomic E-state index is 0. The lowest BCUT2D eigenvalue weighted by atomic mass is 10.1. The molecule has 4 nitrogen and oxygen atoms in total. The van der Waals surface area contributed by atoms with Gasteiger partial charge in [0.1, 0.15) is 6.33 Å². The lowest BCUT2D eigenvalue weighted by molar-refractivity contribution is 0.657. The second-order valence-corrected chi connectivity index (χ2v) is 3.15. The summed E-state index contributed by atoms with van der Waals surface area (Å²) in [5, 5.41) is 6.62. The molecule has 2 atom stereocenters. The molecular weight excluding hydrogens is 188 g/mol. The van der Waals surface area contributed by atoms with Crippen LogP contribution >= 0.6 is 12.4 Å². The monoisotopic (exact) mass is 200 g/mol. The largest absolute Gasteiger partial charge is 0.376 e. The molecule has 1 aliphatic heterocycles. The van der Waals surface area contributed by atoms with Crippen molar-refractivity contribution in [1.82, 2.24) is 9.97 Å². The zero-order valence-corrected chi connectivity index (χ0v) is 8.43. The van der Waals surface area contributed by atoms with Gasteiger partial charge in [-0.25, -0.2) is 9.97 Å². The fourth-order valence-corrected chi connectivity index (χ4v) is 1.26. The Morgan fingerprint density at radius 3 is 2.69 bits per heavy atom. The van der Waals surface area contributed by atoms with E-state index in [4.69, 9.17) is 0 Å². The van der Waals surface area contributed by atoms with Gasteiger partial charge in [0.05, 0.1) is 11.9 Å². The average molecular weight is 201 g/mol. The van der Waals surface area contributed by atoms with Crippen LogP contribution in [-0.4, -0.2) is 22.1 Å². The van der Waals surface area contributed by atoms with Crippen molar-refractivity contribution in [2.24, 2.45) is 0 Å². The molecule has 5 heteroatoms. The Bertz CT molecular complexity index is 262. The van der Waals surface area contributed by atoms with E-state index in [0.29, 0.717) is 12.1 Å². The average Bonchev–Trinajstić information content (AvgIpc) is 2.07. The first-order valence-corrected chi connectivity index (χ1v) is 4.10. The number of fused-ring (bicyclic) bond motifs is 1. The highest BCUT2D eigenvalue weighted by atomic mass is 35.5. The maximum Gasteiger partial charge on any atom is 0.153 e. The smallest absolute Gasteiger partial charge is 0.153 e. The molecule has 1 aliphatic rings. The van der Waals surface area contributed by atoms with Crippen LogP contribution in [0.25, 0.3) is 0 Å². The molecule has 2 unspecified atom stereocenters. The molecule has 0 aliphatic carbocycles. The molecule has 2 N–H and O–H groups in total. The summed E-state index contributed by atoms with van der Waals surface area (Å²) < 4.78 is 0. The third kappa shape index (κ3) is 1.83. The molecule has 2 heterocycles. The first-order valence-electron chi connectivity index (χ1n) is 4.10. The zero-order valence-electron chi connectivity index (χ0n) is 7.61. The number of hydrogen-bond donors (Lipinski definition) is 2. The summed E-state index contributed by atoms with van der Waals surface area (Å²) in [5.74, 6) is 0.899. The van der Waals surface area contributed by atoms with E-state index >= 15 is 0 Å². The van der Waals surface area contributed by atoms with Gasteiger partial charge in [-0.2, -0.15) is 0 Å². The highest BCUT2D eigenvalue weighted by Gasteiger charge is 2.20. The summed E-state index contributed by atoms with van der Waals surface area (Å²) in [6.07, 6.45) is 3.34.